The van der Waals surface area contributed by atoms with Crippen molar-refractivity contribution in [2.75, 3.05) is 40.0 Å². The molecule has 0 radical (unpaired) electrons. The Labute approximate surface area is 207 Å². The highest BCUT2D eigenvalue weighted by Gasteiger charge is 2.49. The molecule has 4 fully saturated rings. The van der Waals surface area contributed by atoms with Crippen LogP contribution < -0.4 is 0 Å². The van der Waals surface area contributed by atoms with Crippen molar-refractivity contribution in [1.29, 1.82) is 0 Å². The molecule has 5 aliphatic heterocycles. The molecule has 2 bridgehead atoms. The summed E-state index contributed by atoms with van der Waals surface area (Å²) in [5.41, 5.74) is 2.65. The number of amides is 2. The maximum absolute atomic E-state index is 12.9. The zero-order chi connectivity index (χ0) is 24.0. The molecule has 8 nitrogen and oxygen atoms in total. The van der Waals surface area contributed by atoms with Gasteiger partial charge in [0, 0.05) is 43.1 Å². The quantitative estimate of drug-likeness (QED) is 0.641. The SMILES string of the molecule is COC(=O)N1Cc2ccccc2C2(CCN(C3CC4CCC(C3)N4C(=O)OC3CCOC3)CC2)C1. The molecular weight excluding hydrogens is 446 g/mol. The van der Waals surface area contributed by atoms with Crippen molar-refractivity contribution in [3.05, 3.63) is 35.4 Å². The van der Waals surface area contributed by atoms with E-state index < -0.39 is 0 Å². The fraction of sp³-hybridized carbons (Fsp3) is 0.704. The molecule has 0 aliphatic carbocycles. The molecule has 4 saturated heterocycles. The van der Waals surface area contributed by atoms with Crippen LogP contribution in [0.4, 0.5) is 9.59 Å². The average Bonchev–Trinajstić information content (AvgIpc) is 3.49. The molecule has 0 N–H and O–H groups in total. The number of likely N-dealkylation sites (tertiary alicyclic amines) is 1. The fourth-order valence-electron chi connectivity index (χ4n) is 7.44. The van der Waals surface area contributed by atoms with Crippen molar-refractivity contribution in [3.63, 3.8) is 0 Å². The molecule has 3 atom stereocenters. The first-order valence-electron chi connectivity index (χ1n) is 13.3. The Hall–Kier alpha value is -2.32. The topological polar surface area (TPSA) is 71.6 Å². The Bertz CT molecular complexity index is 942. The molecule has 1 aromatic rings. The summed E-state index contributed by atoms with van der Waals surface area (Å²) >= 11 is 0. The molecule has 2 amide bonds. The number of benzene rings is 1. The lowest BCUT2D eigenvalue weighted by molar-refractivity contribution is 0.00539. The van der Waals surface area contributed by atoms with E-state index in [2.05, 4.69) is 29.2 Å². The molecule has 35 heavy (non-hydrogen) atoms. The minimum absolute atomic E-state index is 0.00756. The second kappa shape index (κ2) is 9.28. The number of hydrogen-bond donors (Lipinski definition) is 0. The number of carbonyl (C=O) groups is 2. The Morgan fingerprint density at radius 2 is 1.74 bits per heavy atom. The van der Waals surface area contributed by atoms with Crippen molar-refractivity contribution in [2.45, 2.75) is 81.1 Å². The van der Waals surface area contributed by atoms with Crippen LogP contribution in [-0.4, -0.2) is 91.1 Å². The number of carbonyl (C=O) groups excluding carboxylic acids is 2. The van der Waals surface area contributed by atoms with E-state index >= 15 is 0 Å². The summed E-state index contributed by atoms with van der Waals surface area (Å²) in [5, 5.41) is 0. The van der Waals surface area contributed by atoms with Crippen LogP contribution in [0, 0.1) is 0 Å². The van der Waals surface area contributed by atoms with Crippen molar-refractivity contribution in [2.24, 2.45) is 0 Å². The van der Waals surface area contributed by atoms with E-state index in [0.717, 1.165) is 64.6 Å². The largest absolute Gasteiger partial charge is 0.453 e. The van der Waals surface area contributed by atoms with E-state index in [1.54, 1.807) is 0 Å². The minimum atomic E-state index is -0.235. The Morgan fingerprint density at radius 1 is 1.00 bits per heavy atom. The molecule has 6 rings (SSSR count). The van der Waals surface area contributed by atoms with Crippen LogP contribution in [0.15, 0.2) is 24.3 Å². The van der Waals surface area contributed by atoms with Crippen LogP contribution in [0.2, 0.25) is 0 Å². The third-order valence-electron chi connectivity index (χ3n) is 9.22. The zero-order valence-corrected chi connectivity index (χ0v) is 20.7. The minimum Gasteiger partial charge on any atom is -0.453 e. The molecule has 0 aromatic heterocycles. The van der Waals surface area contributed by atoms with E-state index in [-0.39, 0.29) is 35.8 Å². The normalized spacial score (nSPS) is 31.9. The van der Waals surface area contributed by atoms with Crippen LogP contribution >= 0.6 is 0 Å². The number of hydrogen-bond acceptors (Lipinski definition) is 6. The maximum atomic E-state index is 12.9. The smallest absolute Gasteiger partial charge is 0.410 e. The molecule has 3 unspecified atom stereocenters. The second-order valence-electron chi connectivity index (χ2n) is 11.1. The second-order valence-corrected chi connectivity index (χ2v) is 11.1. The van der Waals surface area contributed by atoms with E-state index in [9.17, 15) is 9.59 Å². The summed E-state index contributed by atoms with van der Waals surface area (Å²) < 4.78 is 16.2. The zero-order valence-electron chi connectivity index (χ0n) is 20.7. The van der Waals surface area contributed by atoms with Gasteiger partial charge in [0.1, 0.15) is 6.10 Å². The lowest BCUT2D eigenvalue weighted by atomic mass is 9.68. The number of nitrogens with zero attached hydrogens (tertiary/aromatic N) is 3. The van der Waals surface area contributed by atoms with Crippen molar-refractivity contribution >= 4 is 12.2 Å². The van der Waals surface area contributed by atoms with Gasteiger partial charge in [-0.1, -0.05) is 24.3 Å². The van der Waals surface area contributed by atoms with Gasteiger partial charge in [-0.25, -0.2) is 9.59 Å². The predicted octanol–water partition coefficient (Wildman–Crippen LogP) is 3.52. The molecule has 1 spiro atoms. The highest BCUT2D eigenvalue weighted by molar-refractivity contribution is 5.69. The number of methoxy groups -OCH3 is 1. The molecule has 190 valence electrons. The van der Waals surface area contributed by atoms with Gasteiger partial charge in [0.2, 0.25) is 0 Å². The van der Waals surface area contributed by atoms with Gasteiger partial charge in [0.15, 0.2) is 0 Å². The van der Waals surface area contributed by atoms with Gasteiger partial charge in [-0.15, -0.1) is 0 Å². The summed E-state index contributed by atoms with van der Waals surface area (Å²) in [6, 6.07) is 9.70. The van der Waals surface area contributed by atoms with E-state index in [1.165, 1.54) is 18.2 Å². The molecule has 8 heteroatoms. The van der Waals surface area contributed by atoms with Gasteiger partial charge in [-0.2, -0.15) is 0 Å². The van der Waals surface area contributed by atoms with Gasteiger partial charge in [-0.05, 0) is 62.7 Å². The summed E-state index contributed by atoms with van der Waals surface area (Å²) in [6.45, 7) is 4.62. The molecule has 5 aliphatic rings. The number of piperidine rings is 2. The third kappa shape index (κ3) is 4.18. The first-order valence-corrected chi connectivity index (χ1v) is 13.3. The third-order valence-corrected chi connectivity index (χ3v) is 9.22. The molecule has 5 heterocycles. The van der Waals surface area contributed by atoms with Crippen LogP contribution in [-0.2, 0) is 26.2 Å². The molecular formula is C27H37N3O5. The van der Waals surface area contributed by atoms with Gasteiger partial charge in [0.25, 0.3) is 0 Å². The number of ether oxygens (including phenoxy) is 3. The molecule has 1 aromatic carbocycles. The van der Waals surface area contributed by atoms with Crippen molar-refractivity contribution in [1.82, 2.24) is 14.7 Å². The summed E-state index contributed by atoms with van der Waals surface area (Å²) in [4.78, 5) is 31.9. The number of rotatable bonds is 2. The standard InChI is InChI=1S/C27H37N3O5/c1-33-25(31)29-16-19-4-2-3-5-24(19)27(18-29)9-11-28(12-10-27)22-14-20-6-7-21(15-22)30(20)26(32)35-23-8-13-34-17-23/h2-5,20-23H,6-18H2,1H3. The Morgan fingerprint density at radius 3 is 2.43 bits per heavy atom. The lowest BCUT2D eigenvalue weighted by Crippen LogP contribution is -2.57. The predicted molar refractivity (Wildman–Crippen MR) is 129 cm³/mol. The highest BCUT2D eigenvalue weighted by atomic mass is 16.6. The van der Waals surface area contributed by atoms with E-state index in [1.807, 2.05) is 9.80 Å². The van der Waals surface area contributed by atoms with Gasteiger partial charge in [-0.3, -0.25) is 0 Å². The van der Waals surface area contributed by atoms with Crippen molar-refractivity contribution in [3.8, 4) is 0 Å². The van der Waals surface area contributed by atoms with Crippen molar-refractivity contribution < 1.29 is 23.8 Å². The van der Waals surface area contributed by atoms with Crippen LogP contribution in [0.25, 0.3) is 0 Å². The average molecular weight is 484 g/mol. The first-order chi connectivity index (χ1) is 17.1. The van der Waals surface area contributed by atoms with Crippen LogP contribution in [0.5, 0.6) is 0 Å². The summed E-state index contributed by atoms with van der Waals surface area (Å²) in [6.07, 6.45) is 6.66. The lowest BCUT2D eigenvalue weighted by Gasteiger charge is -2.51. The Balaban J connectivity index is 1.11. The first kappa shape index (κ1) is 23.1. The van der Waals surface area contributed by atoms with E-state index in [4.69, 9.17) is 14.2 Å². The van der Waals surface area contributed by atoms with Crippen LogP contribution in [0.3, 0.4) is 0 Å². The van der Waals surface area contributed by atoms with Gasteiger partial charge < -0.3 is 28.9 Å². The monoisotopic (exact) mass is 483 g/mol. The van der Waals surface area contributed by atoms with Crippen LogP contribution in [0.1, 0.15) is 56.1 Å². The molecule has 0 saturated carbocycles. The maximum Gasteiger partial charge on any atom is 0.410 e. The van der Waals surface area contributed by atoms with Gasteiger partial charge >= 0.3 is 12.2 Å². The van der Waals surface area contributed by atoms with E-state index in [0.29, 0.717) is 25.8 Å². The highest BCUT2D eigenvalue weighted by Crippen LogP contribution is 2.44. The fourth-order valence-corrected chi connectivity index (χ4v) is 7.44. The Kier molecular flexibility index (Phi) is 6.13. The van der Waals surface area contributed by atoms with Gasteiger partial charge in [0.05, 0.1) is 20.3 Å². The summed E-state index contributed by atoms with van der Waals surface area (Å²) in [7, 11) is 1.47. The number of fused-ring (bicyclic) bond motifs is 4. The summed E-state index contributed by atoms with van der Waals surface area (Å²) in [5.74, 6) is 0.